The molecular weight excluding hydrogens is 214 g/mol. The van der Waals surface area contributed by atoms with E-state index in [1.165, 1.54) is 18.5 Å². The van der Waals surface area contributed by atoms with Crippen molar-refractivity contribution in [2.75, 3.05) is 38.0 Å². The number of pyridine rings is 1. The average molecular weight is 235 g/mol. The Morgan fingerprint density at radius 3 is 2.88 bits per heavy atom. The fraction of sp³-hybridized carbons (Fsp3) is 0.615. The lowest BCUT2D eigenvalue weighted by atomic mass is 10.2. The van der Waals surface area contributed by atoms with Gasteiger partial charge in [0, 0.05) is 27.4 Å². The Morgan fingerprint density at radius 2 is 2.29 bits per heavy atom. The summed E-state index contributed by atoms with van der Waals surface area (Å²) in [5.41, 5.74) is 2.26. The van der Waals surface area contributed by atoms with Gasteiger partial charge in [0.2, 0.25) is 0 Å². The van der Waals surface area contributed by atoms with E-state index < -0.39 is 0 Å². The topological polar surface area (TPSA) is 37.4 Å². The lowest BCUT2D eigenvalue weighted by Gasteiger charge is -2.23. The fourth-order valence-electron chi connectivity index (χ4n) is 2.06. The second-order valence-corrected chi connectivity index (χ2v) is 4.83. The van der Waals surface area contributed by atoms with E-state index >= 15 is 0 Å². The van der Waals surface area contributed by atoms with Gasteiger partial charge in [-0.3, -0.25) is 4.98 Å². The van der Waals surface area contributed by atoms with Gasteiger partial charge in [0.15, 0.2) is 0 Å². The van der Waals surface area contributed by atoms with Gasteiger partial charge in [-0.25, -0.2) is 0 Å². The minimum absolute atomic E-state index is 0.405. The molecular formula is C13H21N3O. The maximum Gasteiger partial charge on any atom is 0.0767 e. The molecule has 0 aliphatic heterocycles. The van der Waals surface area contributed by atoms with Crippen LogP contribution in [0.25, 0.3) is 0 Å². The van der Waals surface area contributed by atoms with Crippen molar-refractivity contribution in [3.63, 3.8) is 0 Å². The molecule has 1 N–H and O–H groups in total. The van der Waals surface area contributed by atoms with Crippen LogP contribution in [-0.4, -0.2) is 38.8 Å². The van der Waals surface area contributed by atoms with E-state index in [9.17, 15) is 0 Å². The second-order valence-electron chi connectivity index (χ2n) is 4.83. The lowest BCUT2D eigenvalue weighted by molar-refractivity contribution is 0.179. The highest BCUT2D eigenvalue weighted by Crippen LogP contribution is 2.35. The minimum atomic E-state index is 0.405. The van der Waals surface area contributed by atoms with E-state index in [1.54, 1.807) is 7.11 Å². The molecule has 0 radical (unpaired) electrons. The standard InChI is InChI=1S/C13H21N3O/c1-16(2)13-6-7-14-8-11(13)15-12(9-17-3)10-4-5-10/h6-8,10,12,15H,4-5,9H2,1-3H3. The highest BCUT2D eigenvalue weighted by atomic mass is 16.5. The van der Waals surface area contributed by atoms with Crippen LogP contribution in [0, 0.1) is 5.92 Å². The van der Waals surface area contributed by atoms with Crippen molar-refractivity contribution in [1.82, 2.24) is 4.98 Å². The van der Waals surface area contributed by atoms with Crippen LogP contribution in [0.1, 0.15) is 12.8 Å². The minimum Gasteiger partial charge on any atom is -0.383 e. The van der Waals surface area contributed by atoms with Gasteiger partial charge in [0.25, 0.3) is 0 Å². The summed E-state index contributed by atoms with van der Waals surface area (Å²) in [5, 5.41) is 3.56. The van der Waals surface area contributed by atoms with Gasteiger partial charge in [-0.2, -0.15) is 0 Å². The lowest BCUT2D eigenvalue weighted by Crippen LogP contribution is -2.28. The molecule has 0 bridgehead atoms. The molecule has 1 aromatic rings. The summed E-state index contributed by atoms with van der Waals surface area (Å²) in [6, 6.07) is 2.43. The van der Waals surface area contributed by atoms with E-state index in [4.69, 9.17) is 4.74 Å². The number of anilines is 2. The van der Waals surface area contributed by atoms with Crippen molar-refractivity contribution in [1.29, 1.82) is 0 Å². The van der Waals surface area contributed by atoms with Gasteiger partial charge in [0.05, 0.1) is 30.2 Å². The summed E-state index contributed by atoms with van der Waals surface area (Å²) in [5.74, 6) is 0.755. The van der Waals surface area contributed by atoms with Crippen LogP contribution in [0.3, 0.4) is 0 Å². The van der Waals surface area contributed by atoms with Crippen molar-refractivity contribution in [2.45, 2.75) is 18.9 Å². The normalized spacial score (nSPS) is 16.6. The Labute approximate surface area is 103 Å². The number of nitrogens with zero attached hydrogens (tertiary/aromatic N) is 2. The average Bonchev–Trinajstić information content (AvgIpc) is 3.13. The van der Waals surface area contributed by atoms with E-state index in [-0.39, 0.29) is 0 Å². The Hall–Kier alpha value is -1.29. The maximum atomic E-state index is 5.28. The number of hydrogen-bond acceptors (Lipinski definition) is 4. The molecule has 1 heterocycles. The molecule has 4 nitrogen and oxygen atoms in total. The van der Waals surface area contributed by atoms with Crippen LogP contribution in [0.15, 0.2) is 18.5 Å². The molecule has 0 aromatic carbocycles. The zero-order valence-electron chi connectivity index (χ0n) is 10.8. The number of hydrogen-bond donors (Lipinski definition) is 1. The molecule has 1 fully saturated rings. The first-order valence-electron chi connectivity index (χ1n) is 6.09. The predicted molar refractivity (Wildman–Crippen MR) is 70.6 cm³/mol. The van der Waals surface area contributed by atoms with Gasteiger partial charge >= 0.3 is 0 Å². The first-order valence-corrected chi connectivity index (χ1v) is 6.09. The quantitative estimate of drug-likeness (QED) is 0.818. The van der Waals surface area contributed by atoms with Crippen molar-refractivity contribution in [3.8, 4) is 0 Å². The summed E-state index contributed by atoms with van der Waals surface area (Å²) in [4.78, 5) is 6.29. The smallest absolute Gasteiger partial charge is 0.0767 e. The van der Waals surface area contributed by atoms with Crippen molar-refractivity contribution in [3.05, 3.63) is 18.5 Å². The number of methoxy groups -OCH3 is 1. The first kappa shape index (κ1) is 12.2. The molecule has 1 unspecified atom stereocenters. The highest BCUT2D eigenvalue weighted by Gasteiger charge is 2.31. The molecule has 2 rings (SSSR count). The second kappa shape index (κ2) is 5.36. The molecule has 1 aromatic heterocycles. The van der Waals surface area contributed by atoms with E-state index in [1.807, 2.05) is 32.6 Å². The van der Waals surface area contributed by atoms with E-state index in [0.29, 0.717) is 6.04 Å². The highest BCUT2D eigenvalue weighted by molar-refractivity contribution is 5.68. The van der Waals surface area contributed by atoms with E-state index in [0.717, 1.165) is 18.2 Å². The number of ether oxygens (including phenoxy) is 1. The van der Waals surface area contributed by atoms with Crippen LogP contribution in [0.5, 0.6) is 0 Å². The Kier molecular flexibility index (Phi) is 3.84. The van der Waals surface area contributed by atoms with Crippen LogP contribution >= 0.6 is 0 Å². The largest absolute Gasteiger partial charge is 0.383 e. The third-order valence-electron chi connectivity index (χ3n) is 3.16. The number of nitrogens with one attached hydrogen (secondary N) is 1. The number of aromatic nitrogens is 1. The van der Waals surface area contributed by atoms with Gasteiger partial charge < -0.3 is 15.0 Å². The van der Waals surface area contributed by atoms with Gasteiger partial charge in [-0.1, -0.05) is 0 Å². The summed E-state index contributed by atoms with van der Waals surface area (Å²) >= 11 is 0. The van der Waals surface area contributed by atoms with Crippen LogP contribution in [0.2, 0.25) is 0 Å². The van der Waals surface area contributed by atoms with Crippen LogP contribution < -0.4 is 10.2 Å². The summed E-state index contributed by atoms with van der Waals surface area (Å²) in [6.45, 7) is 0.756. The summed E-state index contributed by atoms with van der Waals surface area (Å²) in [6.07, 6.45) is 6.32. The molecule has 0 amide bonds. The van der Waals surface area contributed by atoms with E-state index in [2.05, 4.69) is 15.2 Å². The zero-order chi connectivity index (χ0) is 12.3. The SMILES string of the molecule is COCC(Nc1cnccc1N(C)C)C1CC1. The molecule has 4 heteroatoms. The Balaban J connectivity index is 2.10. The Bertz CT molecular complexity index is 363. The predicted octanol–water partition coefficient (Wildman–Crippen LogP) is 1.98. The molecule has 1 aliphatic carbocycles. The van der Waals surface area contributed by atoms with Crippen molar-refractivity contribution < 1.29 is 4.74 Å². The maximum absolute atomic E-state index is 5.28. The molecule has 17 heavy (non-hydrogen) atoms. The summed E-state index contributed by atoms with van der Waals surface area (Å²) in [7, 11) is 5.85. The fourth-order valence-corrected chi connectivity index (χ4v) is 2.06. The molecule has 94 valence electrons. The third kappa shape index (κ3) is 3.09. The molecule has 1 atom stereocenters. The van der Waals surface area contributed by atoms with Crippen molar-refractivity contribution >= 4 is 11.4 Å². The first-order chi connectivity index (χ1) is 8.22. The molecule has 0 spiro atoms. The van der Waals surface area contributed by atoms with Crippen LogP contribution in [0.4, 0.5) is 11.4 Å². The molecule has 0 saturated heterocycles. The Morgan fingerprint density at radius 1 is 1.53 bits per heavy atom. The number of rotatable bonds is 6. The van der Waals surface area contributed by atoms with Crippen LogP contribution in [-0.2, 0) is 4.74 Å². The van der Waals surface area contributed by atoms with Gasteiger partial charge in [-0.05, 0) is 24.8 Å². The molecule has 1 aliphatic rings. The zero-order valence-corrected chi connectivity index (χ0v) is 10.8. The van der Waals surface area contributed by atoms with Gasteiger partial charge in [-0.15, -0.1) is 0 Å². The monoisotopic (exact) mass is 235 g/mol. The van der Waals surface area contributed by atoms with Crippen molar-refractivity contribution in [2.24, 2.45) is 5.92 Å². The summed E-state index contributed by atoms with van der Waals surface area (Å²) < 4.78 is 5.28. The van der Waals surface area contributed by atoms with Gasteiger partial charge in [0.1, 0.15) is 0 Å². The molecule has 1 saturated carbocycles. The third-order valence-corrected chi connectivity index (χ3v) is 3.16.